The fourth-order valence-electron chi connectivity index (χ4n) is 1.49. The van der Waals surface area contributed by atoms with Crippen LogP contribution < -0.4 is 0 Å². The molecule has 0 nitrogen and oxygen atoms in total. The molecule has 0 spiro atoms. The van der Waals surface area contributed by atoms with Gasteiger partial charge >= 0.3 is 0 Å². The third kappa shape index (κ3) is 3.01. The minimum atomic E-state index is -0.00663. The van der Waals surface area contributed by atoms with E-state index in [9.17, 15) is 0 Å². The molecule has 0 amide bonds. The Hall–Kier alpha value is -0.0200. The van der Waals surface area contributed by atoms with Crippen molar-refractivity contribution in [3.05, 3.63) is 55.6 Å². The number of halogens is 3. The predicted molar refractivity (Wildman–Crippen MR) is 75.8 cm³/mol. The Morgan fingerprint density at radius 1 is 1.31 bits per heavy atom. The largest absolute Gasteiger partial charge is 0.146 e. The third-order valence-electron chi connectivity index (χ3n) is 2.23. The van der Waals surface area contributed by atoms with Crippen molar-refractivity contribution in [2.75, 3.05) is 0 Å². The molecule has 0 aliphatic rings. The summed E-state index contributed by atoms with van der Waals surface area (Å²) >= 11 is 17.5. The lowest BCUT2D eigenvalue weighted by atomic mass is 10.1. The van der Waals surface area contributed by atoms with E-state index in [1.54, 1.807) is 11.3 Å². The number of rotatable bonds is 3. The van der Waals surface area contributed by atoms with E-state index in [1.807, 2.05) is 35.7 Å². The molecular weight excluding hydrogens is 327 g/mol. The van der Waals surface area contributed by atoms with Gasteiger partial charge in [0.25, 0.3) is 0 Å². The van der Waals surface area contributed by atoms with Gasteiger partial charge in [0.1, 0.15) is 0 Å². The Morgan fingerprint density at radius 3 is 2.75 bits per heavy atom. The first-order valence-electron chi connectivity index (χ1n) is 4.78. The van der Waals surface area contributed by atoms with Crippen molar-refractivity contribution in [3.63, 3.8) is 0 Å². The average molecular weight is 336 g/mol. The minimum Gasteiger partial charge on any atom is -0.146 e. The summed E-state index contributed by atoms with van der Waals surface area (Å²) in [6.45, 7) is 0. The van der Waals surface area contributed by atoms with Gasteiger partial charge in [-0.05, 0) is 51.5 Å². The zero-order valence-corrected chi connectivity index (χ0v) is 12.2. The Morgan fingerprint density at radius 2 is 2.12 bits per heavy atom. The molecule has 0 aliphatic heterocycles. The molecule has 0 fully saturated rings. The van der Waals surface area contributed by atoms with Gasteiger partial charge in [0.05, 0.1) is 5.38 Å². The van der Waals surface area contributed by atoms with Crippen molar-refractivity contribution in [2.24, 2.45) is 0 Å². The standard InChI is InChI=1S/C12H9BrCl2S/c13-10-4-5-16-12(10)11(15)7-8-2-1-3-9(14)6-8/h1-6,11H,7H2. The van der Waals surface area contributed by atoms with Gasteiger partial charge in [-0.3, -0.25) is 0 Å². The highest BCUT2D eigenvalue weighted by Gasteiger charge is 2.13. The quantitative estimate of drug-likeness (QED) is 0.632. The van der Waals surface area contributed by atoms with Crippen LogP contribution in [0.3, 0.4) is 0 Å². The van der Waals surface area contributed by atoms with Gasteiger partial charge in [0.2, 0.25) is 0 Å². The second-order valence-corrected chi connectivity index (χ2v) is 6.20. The van der Waals surface area contributed by atoms with Crippen LogP contribution in [0.15, 0.2) is 40.2 Å². The van der Waals surface area contributed by atoms with Crippen molar-refractivity contribution in [1.29, 1.82) is 0 Å². The maximum absolute atomic E-state index is 6.38. The van der Waals surface area contributed by atoms with E-state index in [1.165, 1.54) is 4.88 Å². The molecule has 0 bridgehead atoms. The molecule has 0 saturated heterocycles. The van der Waals surface area contributed by atoms with Crippen LogP contribution in [0.5, 0.6) is 0 Å². The SMILES string of the molecule is Clc1cccc(CC(Cl)c2sccc2Br)c1. The Balaban J connectivity index is 2.14. The highest BCUT2D eigenvalue weighted by atomic mass is 79.9. The monoisotopic (exact) mass is 334 g/mol. The number of thiophene rings is 1. The molecule has 1 unspecified atom stereocenters. The normalized spacial score (nSPS) is 12.7. The van der Waals surface area contributed by atoms with E-state index in [2.05, 4.69) is 15.9 Å². The fraction of sp³-hybridized carbons (Fsp3) is 0.167. The highest BCUT2D eigenvalue weighted by molar-refractivity contribution is 9.10. The first-order chi connectivity index (χ1) is 7.66. The molecule has 0 radical (unpaired) electrons. The zero-order chi connectivity index (χ0) is 11.5. The van der Waals surface area contributed by atoms with E-state index >= 15 is 0 Å². The van der Waals surface area contributed by atoms with Gasteiger partial charge in [0.15, 0.2) is 0 Å². The van der Waals surface area contributed by atoms with Gasteiger partial charge in [-0.15, -0.1) is 22.9 Å². The highest BCUT2D eigenvalue weighted by Crippen LogP contribution is 2.35. The van der Waals surface area contributed by atoms with E-state index in [-0.39, 0.29) is 5.38 Å². The Labute approximate surface area is 117 Å². The van der Waals surface area contributed by atoms with E-state index in [0.717, 1.165) is 21.5 Å². The summed E-state index contributed by atoms with van der Waals surface area (Å²) in [7, 11) is 0. The summed E-state index contributed by atoms with van der Waals surface area (Å²) < 4.78 is 1.08. The molecule has 1 aromatic carbocycles. The molecule has 0 N–H and O–H groups in total. The average Bonchev–Trinajstić information content (AvgIpc) is 2.64. The van der Waals surface area contributed by atoms with Crippen molar-refractivity contribution in [1.82, 2.24) is 0 Å². The molecule has 1 atom stereocenters. The maximum Gasteiger partial charge on any atom is 0.0730 e. The molecule has 4 heteroatoms. The Kier molecular flexibility index (Phi) is 4.31. The fourth-order valence-corrected chi connectivity index (χ4v) is 3.91. The molecular formula is C12H9BrCl2S. The lowest BCUT2D eigenvalue weighted by molar-refractivity contribution is 0.936. The number of benzene rings is 1. The summed E-state index contributed by atoms with van der Waals surface area (Å²) in [4.78, 5) is 1.17. The van der Waals surface area contributed by atoms with E-state index in [0.29, 0.717) is 0 Å². The molecule has 1 heterocycles. The van der Waals surface area contributed by atoms with E-state index in [4.69, 9.17) is 23.2 Å². The van der Waals surface area contributed by atoms with Gasteiger partial charge in [-0.1, -0.05) is 23.7 Å². The van der Waals surface area contributed by atoms with Crippen molar-refractivity contribution < 1.29 is 0 Å². The van der Waals surface area contributed by atoms with Crippen molar-refractivity contribution in [3.8, 4) is 0 Å². The summed E-state index contributed by atoms with van der Waals surface area (Å²) in [5, 5.41) is 2.78. The number of hydrogen-bond donors (Lipinski definition) is 0. The predicted octanol–water partition coefficient (Wildman–Crippen LogP) is 5.69. The number of hydrogen-bond acceptors (Lipinski definition) is 1. The van der Waals surface area contributed by atoms with Gasteiger partial charge in [-0.25, -0.2) is 0 Å². The Bertz CT molecular complexity index is 481. The lowest BCUT2D eigenvalue weighted by Crippen LogP contribution is -1.94. The topological polar surface area (TPSA) is 0 Å². The zero-order valence-electron chi connectivity index (χ0n) is 8.29. The first-order valence-corrected chi connectivity index (χ1v) is 7.27. The van der Waals surface area contributed by atoms with Gasteiger partial charge < -0.3 is 0 Å². The van der Waals surface area contributed by atoms with Crippen LogP contribution in [0.25, 0.3) is 0 Å². The third-order valence-corrected chi connectivity index (χ3v) is 4.95. The van der Waals surface area contributed by atoms with Gasteiger partial charge in [-0.2, -0.15) is 0 Å². The lowest BCUT2D eigenvalue weighted by Gasteiger charge is -2.08. The molecule has 2 aromatic rings. The summed E-state index contributed by atoms with van der Waals surface area (Å²) in [6, 6.07) is 9.84. The first kappa shape index (κ1) is 12.4. The van der Waals surface area contributed by atoms with Crippen LogP contribution in [0.1, 0.15) is 15.8 Å². The number of alkyl halides is 1. The second kappa shape index (κ2) is 5.54. The maximum atomic E-state index is 6.38. The minimum absolute atomic E-state index is 0.00663. The van der Waals surface area contributed by atoms with Crippen molar-refractivity contribution in [2.45, 2.75) is 11.8 Å². The van der Waals surface area contributed by atoms with Crippen LogP contribution in [-0.4, -0.2) is 0 Å². The molecule has 0 aliphatic carbocycles. The smallest absolute Gasteiger partial charge is 0.0730 e. The summed E-state index contributed by atoms with van der Waals surface area (Å²) in [6.07, 6.45) is 0.793. The summed E-state index contributed by atoms with van der Waals surface area (Å²) in [5.41, 5.74) is 1.16. The summed E-state index contributed by atoms with van der Waals surface area (Å²) in [5.74, 6) is 0. The van der Waals surface area contributed by atoms with Crippen molar-refractivity contribution >= 4 is 50.5 Å². The molecule has 0 saturated carbocycles. The molecule has 1 aromatic heterocycles. The van der Waals surface area contributed by atoms with Crippen LogP contribution in [0.4, 0.5) is 0 Å². The van der Waals surface area contributed by atoms with Gasteiger partial charge in [0, 0.05) is 14.4 Å². The second-order valence-electron chi connectivity index (χ2n) is 3.43. The van der Waals surface area contributed by atoms with Crippen LogP contribution >= 0.6 is 50.5 Å². The van der Waals surface area contributed by atoms with E-state index < -0.39 is 0 Å². The van der Waals surface area contributed by atoms with Crippen LogP contribution in [-0.2, 0) is 6.42 Å². The van der Waals surface area contributed by atoms with Crippen LogP contribution in [0.2, 0.25) is 5.02 Å². The molecule has 16 heavy (non-hydrogen) atoms. The molecule has 84 valence electrons. The van der Waals surface area contributed by atoms with Crippen LogP contribution in [0, 0.1) is 0 Å². The molecule has 2 rings (SSSR count).